The van der Waals surface area contributed by atoms with Gasteiger partial charge in [-0.1, -0.05) is 25.6 Å². The summed E-state index contributed by atoms with van der Waals surface area (Å²) in [5, 5.41) is 0.740. The Morgan fingerprint density at radius 1 is 1.31 bits per heavy atom. The van der Waals surface area contributed by atoms with Crippen LogP contribution in [0.2, 0.25) is 0 Å². The average Bonchev–Trinajstić information content (AvgIpc) is 2.69. The van der Waals surface area contributed by atoms with Crippen molar-refractivity contribution in [1.82, 2.24) is 9.96 Å². The molecule has 3 amide bonds. The fourth-order valence-corrected chi connectivity index (χ4v) is 4.31. The highest BCUT2D eigenvalue weighted by Crippen LogP contribution is 2.26. The molecular formula is C17H31N3O7S2. The van der Waals surface area contributed by atoms with Gasteiger partial charge in [-0.15, -0.1) is 4.28 Å². The minimum Gasteiger partial charge on any atom is -0.368 e. The molecular weight excluding hydrogens is 422 g/mol. The number of primary amides is 1. The molecule has 1 heterocycles. The highest BCUT2D eigenvalue weighted by atomic mass is 32.3. The SMILES string of the molecule is CC(=O)SCCCC(C)(C)COS(=O)(=O)ON1C(=O)N(C)[C@H](C(N)=O)CC[C@@H]1C. The largest absolute Gasteiger partial charge is 0.421 e. The number of carbonyl (C=O) groups excluding carboxylic acids is 3. The quantitative estimate of drug-likeness (QED) is 0.493. The Kier molecular flexibility index (Phi) is 9.38. The van der Waals surface area contributed by atoms with Gasteiger partial charge < -0.3 is 10.6 Å². The van der Waals surface area contributed by atoms with Crippen LogP contribution in [0.4, 0.5) is 4.79 Å². The van der Waals surface area contributed by atoms with E-state index < -0.39 is 39.8 Å². The lowest BCUT2D eigenvalue weighted by molar-refractivity contribution is -0.122. The maximum absolute atomic E-state index is 12.5. The van der Waals surface area contributed by atoms with E-state index in [0.29, 0.717) is 30.1 Å². The average molecular weight is 454 g/mol. The lowest BCUT2D eigenvalue weighted by Crippen LogP contribution is -2.50. The van der Waals surface area contributed by atoms with Crippen LogP contribution in [-0.4, -0.2) is 66.9 Å². The van der Waals surface area contributed by atoms with Gasteiger partial charge in [-0.2, -0.15) is 13.5 Å². The molecule has 29 heavy (non-hydrogen) atoms. The van der Waals surface area contributed by atoms with Gasteiger partial charge in [-0.05, 0) is 38.0 Å². The molecule has 2 N–H and O–H groups in total. The summed E-state index contributed by atoms with van der Waals surface area (Å²) in [5.74, 6) is -0.0199. The molecule has 2 atom stereocenters. The summed E-state index contributed by atoms with van der Waals surface area (Å²) in [6.45, 7) is 6.65. The van der Waals surface area contributed by atoms with Gasteiger partial charge in [0.05, 0.1) is 12.6 Å². The predicted octanol–water partition coefficient (Wildman–Crippen LogP) is 1.66. The molecule has 0 bridgehead atoms. The highest BCUT2D eigenvalue weighted by Gasteiger charge is 2.38. The zero-order chi connectivity index (χ0) is 22.4. The van der Waals surface area contributed by atoms with Crippen molar-refractivity contribution in [3.8, 4) is 0 Å². The third kappa shape index (κ3) is 8.49. The monoisotopic (exact) mass is 453 g/mol. The molecule has 10 nitrogen and oxygen atoms in total. The normalized spacial score (nSPS) is 21.2. The minimum absolute atomic E-state index is 0.0369. The van der Waals surface area contributed by atoms with E-state index in [2.05, 4.69) is 0 Å². The first kappa shape index (κ1) is 25.7. The molecule has 0 aromatic heterocycles. The lowest BCUT2D eigenvalue weighted by Gasteiger charge is -2.29. The fourth-order valence-electron chi connectivity index (χ4n) is 2.82. The van der Waals surface area contributed by atoms with Gasteiger partial charge in [0.2, 0.25) is 5.91 Å². The smallest absolute Gasteiger partial charge is 0.368 e. The molecule has 1 saturated heterocycles. The second-order valence-electron chi connectivity index (χ2n) is 7.92. The predicted molar refractivity (Wildman–Crippen MR) is 109 cm³/mol. The number of hydrogen-bond donors (Lipinski definition) is 1. The number of nitrogens with two attached hydrogens (primary N) is 1. The Balaban J connectivity index is 2.69. The van der Waals surface area contributed by atoms with Gasteiger partial charge in [0.25, 0.3) is 0 Å². The van der Waals surface area contributed by atoms with Crippen molar-refractivity contribution in [2.45, 2.75) is 65.5 Å². The minimum atomic E-state index is -4.50. The van der Waals surface area contributed by atoms with Crippen LogP contribution in [0.25, 0.3) is 0 Å². The Morgan fingerprint density at radius 2 is 1.93 bits per heavy atom. The van der Waals surface area contributed by atoms with Gasteiger partial charge in [0.15, 0.2) is 5.12 Å². The van der Waals surface area contributed by atoms with Gasteiger partial charge >= 0.3 is 16.4 Å². The molecule has 0 aromatic rings. The van der Waals surface area contributed by atoms with E-state index in [1.165, 1.54) is 25.7 Å². The second kappa shape index (κ2) is 10.6. The number of thioether (sulfide) groups is 1. The molecule has 0 saturated carbocycles. The molecule has 1 aliphatic rings. The summed E-state index contributed by atoms with van der Waals surface area (Å²) < 4.78 is 34.5. The van der Waals surface area contributed by atoms with Crippen LogP contribution >= 0.6 is 11.8 Å². The van der Waals surface area contributed by atoms with Crippen molar-refractivity contribution in [2.75, 3.05) is 19.4 Å². The summed E-state index contributed by atoms with van der Waals surface area (Å²) >= 11 is 1.22. The second-order valence-corrected chi connectivity index (χ2v) is 10.4. The van der Waals surface area contributed by atoms with Crippen LogP contribution in [-0.2, 0) is 28.5 Å². The van der Waals surface area contributed by atoms with Crippen LogP contribution in [0.3, 0.4) is 0 Å². The molecule has 0 aromatic carbocycles. The van der Waals surface area contributed by atoms with Crippen molar-refractivity contribution in [1.29, 1.82) is 0 Å². The van der Waals surface area contributed by atoms with E-state index >= 15 is 0 Å². The maximum atomic E-state index is 12.5. The topological polar surface area (TPSA) is 136 Å². The molecule has 1 rings (SSSR count). The Morgan fingerprint density at radius 3 is 2.48 bits per heavy atom. The van der Waals surface area contributed by atoms with E-state index in [1.807, 2.05) is 13.8 Å². The number of nitrogens with zero attached hydrogens (tertiary/aromatic N) is 2. The van der Waals surface area contributed by atoms with E-state index in [4.69, 9.17) is 14.2 Å². The number of amides is 3. The molecule has 1 fully saturated rings. The van der Waals surface area contributed by atoms with Crippen molar-refractivity contribution in [3.63, 3.8) is 0 Å². The van der Waals surface area contributed by atoms with E-state index in [1.54, 1.807) is 6.92 Å². The standard InChI is InChI=1S/C17H31N3O7S2/c1-12-7-8-14(15(18)22)19(5)16(23)20(12)27-29(24,25)26-11-17(3,4)9-6-10-28-13(2)21/h12,14H,6-11H2,1-5H3,(H2,18,22)/t12-,14-/m0/s1. The van der Waals surface area contributed by atoms with E-state index in [-0.39, 0.29) is 11.7 Å². The summed E-state index contributed by atoms with van der Waals surface area (Å²) in [5.41, 5.74) is 4.84. The van der Waals surface area contributed by atoms with Crippen molar-refractivity contribution < 1.29 is 31.3 Å². The molecule has 168 valence electrons. The van der Waals surface area contributed by atoms with Crippen LogP contribution in [0, 0.1) is 5.41 Å². The summed E-state index contributed by atoms with van der Waals surface area (Å²) in [6, 6.07) is -2.22. The number of hydroxylamine groups is 2. The number of rotatable bonds is 10. The molecule has 1 aliphatic heterocycles. The zero-order valence-electron chi connectivity index (χ0n) is 17.5. The number of carbonyl (C=O) groups is 3. The maximum Gasteiger partial charge on any atom is 0.421 e. The zero-order valence-corrected chi connectivity index (χ0v) is 19.2. The van der Waals surface area contributed by atoms with Gasteiger partial charge in [0.1, 0.15) is 6.04 Å². The summed E-state index contributed by atoms with van der Waals surface area (Å²) in [6.07, 6.45) is 2.00. The first-order valence-electron chi connectivity index (χ1n) is 9.33. The van der Waals surface area contributed by atoms with Crippen molar-refractivity contribution in [2.24, 2.45) is 11.1 Å². The lowest BCUT2D eigenvalue weighted by atomic mass is 9.89. The van der Waals surface area contributed by atoms with Crippen molar-refractivity contribution in [3.05, 3.63) is 0 Å². The van der Waals surface area contributed by atoms with Gasteiger partial charge in [0, 0.05) is 19.7 Å². The summed E-state index contributed by atoms with van der Waals surface area (Å²) in [7, 11) is -3.14. The van der Waals surface area contributed by atoms with Gasteiger partial charge in [-0.3, -0.25) is 9.59 Å². The number of likely N-dealkylation sites (N-methyl/N-ethyl adjacent to an activating group) is 1. The Labute approximate surface area is 176 Å². The Hall–Kier alpha value is -1.37. The molecule has 0 radical (unpaired) electrons. The highest BCUT2D eigenvalue weighted by molar-refractivity contribution is 8.13. The van der Waals surface area contributed by atoms with Crippen LogP contribution < -0.4 is 5.73 Å². The third-order valence-electron chi connectivity index (χ3n) is 4.61. The fraction of sp³-hybridized carbons (Fsp3) is 0.824. The number of urea groups is 1. The molecule has 0 aliphatic carbocycles. The third-order valence-corrected chi connectivity index (χ3v) is 6.26. The van der Waals surface area contributed by atoms with Crippen LogP contribution in [0.1, 0.15) is 53.4 Å². The summed E-state index contributed by atoms with van der Waals surface area (Å²) in [4.78, 5) is 36.1. The van der Waals surface area contributed by atoms with E-state index in [0.717, 1.165) is 11.3 Å². The molecule has 0 unspecified atom stereocenters. The first-order chi connectivity index (χ1) is 13.3. The van der Waals surface area contributed by atoms with Gasteiger partial charge in [-0.25, -0.2) is 8.98 Å². The van der Waals surface area contributed by atoms with Crippen LogP contribution in [0.15, 0.2) is 0 Å². The number of hydrogen-bond acceptors (Lipinski definition) is 8. The molecule has 12 heteroatoms. The first-order valence-corrected chi connectivity index (χ1v) is 11.7. The van der Waals surface area contributed by atoms with E-state index in [9.17, 15) is 22.8 Å². The molecule has 0 spiro atoms. The van der Waals surface area contributed by atoms with Crippen molar-refractivity contribution >= 4 is 39.2 Å². The van der Waals surface area contributed by atoms with Crippen LogP contribution in [0.5, 0.6) is 0 Å². The Bertz CT molecular complexity index is 712.